The molecular weight excluding hydrogens is 314 g/mol. The van der Waals surface area contributed by atoms with Crippen LogP contribution in [-0.2, 0) is 4.74 Å². The zero-order valence-corrected chi connectivity index (χ0v) is 15.4. The van der Waals surface area contributed by atoms with E-state index in [-0.39, 0.29) is 0 Å². The molecule has 0 unspecified atom stereocenters. The van der Waals surface area contributed by atoms with Crippen LogP contribution in [-0.4, -0.2) is 31.2 Å². The van der Waals surface area contributed by atoms with Gasteiger partial charge in [-0.2, -0.15) is 0 Å². The molecule has 2 saturated carbocycles. The molecule has 0 bridgehead atoms. The predicted molar refractivity (Wildman–Crippen MR) is 96.5 cm³/mol. The number of hydrogen-bond acceptors (Lipinski definition) is 4. The first kappa shape index (κ1) is 16.9. The number of ether oxygens (including phenoxy) is 2. The topological polar surface area (TPSA) is 51.0 Å². The Balaban J connectivity index is 1.77. The molecule has 4 heteroatoms. The van der Waals surface area contributed by atoms with Crippen LogP contribution in [0, 0.1) is 23.3 Å². The molecule has 3 aliphatic carbocycles. The van der Waals surface area contributed by atoms with Crippen LogP contribution in [0.2, 0.25) is 0 Å². The molecule has 135 valence electrons. The second-order valence-corrected chi connectivity index (χ2v) is 7.93. The molecule has 1 aromatic rings. The van der Waals surface area contributed by atoms with Crippen LogP contribution in [0.4, 0.5) is 0 Å². The largest absolute Gasteiger partial charge is 0.496 e. The molecule has 0 amide bonds. The van der Waals surface area contributed by atoms with E-state index in [2.05, 4.69) is 24.2 Å². The summed E-state index contributed by atoms with van der Waals surface area (Å²) in [5, 5.41) is 13.3. The summed E-state index contributed by atoms with van der Waals surface area (Å²) in [5.74, 6) is 2.45. The van der Waals surface area contributed by atoms with Gasteiger partial charge in [0, 0.05) is 18.7 Å². The van der Waals surface area contributed by atoms with E-state index in [1.54, 1.807) is 7.11 Å². The van der Waals surface area contributed by atoms with E-state index < -0.39 is 0 Å². The Labute approximate surface area is 150 Å². The van der Waals surface area contributed by atoms with Crippen LogP contribution >= 0.6 is 0 Å². The van der Waals surface area contributed by atoms with Crippen molar-refractivity contribution in [3.8, 4) is 5.75 Å². The molecule has 25 heavy (non-hydrogen) atoms. The number of methoxy groups -OCH3 is 2. The van der Waals surface area contributed by atoms with E-state index in [4.69, 9.17) is 9.47 Å². The number of hydrogen-bond donors (Lipinski definition) is 1. The van der Waals surface area contributed by atoms with Gasteiger partial charge >= 0.3 is 0 Å². The maximum atomic E-state index is 9.63. The van der Waals surface area contributed by atoms with Gasteiger partial charge in [-0.25, -0.2) is 0 Å². The lowest BCUT2D eigenvalue weighted by atomic mass is 9.53. The SMILES string of the molecule is CC[C@]12CC[C@@H]3c4cc(OC)[c]cc4/C(=N/O)C[C@H]3[C@@H]1CC[C@@H]2OC. The number of fused-ring (bicyclic) bond motifs is 5. The smallest absolute Gasteiger partial charge is 0.127 e. The van der Waals surface area contributed by atoms with Crippen molar-refractivity contribution in [2.75, 3.05) is 14.2 Å². The summed E-state index contributed by atoms with van der Waals surface area (Å²) in [6, 6.07) is 7.20. The van der Waals surface area contributed by atoms with E-state index in [1.807, 2.05) is 13.2 Å². The molecule has 1 aromatic carbocycles. The van der Waals surface area contributed by atoms with Crippen LogP contribution in [0.25, 0.3) is 0 Å². The minimum atomic E-state index is 0.291. The average molecular weight is 342 g/mol. The van der Waals surface area contributed by atoms with Gasteiger partial charge in [-0.3, -0.25) is 0 Å². The number of rotatable bonds is 3. The zero-order valence-electron chi connectivity index (χ0n) is 15.4. The zero-order chi connectivity index (χ0) is 17.6. The molecule has 4 nitrogen and oxygen atoms in total. The molecule has 1 radical (unpaired) electrons. The fourth-order valence-electron chi connectivity index (χ4n) is 6.33. The van der Waals surface area contributed by atoms with Gasteiger partial charge in [0.25, 0.3) is 0 Å². The third-order valence-corrected chi connectivity index (χ3v) is 7.45. The van der Waals surface area contributed by atoms with Gasteiger partial charge in [0.05, 0.1) is 18.9 Å². The van der Waals surface area contributed by atoms with Crippen molar-refractivity contribution in [2.45, 2.75) is 57.5 Å². The summed E-state index contributed by atoms with van der Waals surface area (Å²) in [6.45, 7) is 2.32. The summed E-state index contributed by atoms with van der Waals surface area (Å²) >= 11 is 0. The van der Waals surface area contributed by atoms with Gasteiger partial charge < -0.3 is 14.7 Å². The highest BCUT2D eigenvalue weighted by atomic mass is 16.5. The van der Waals surface area contributed by atoms with Gasteiger partial charge in [0.2, 0.25) is 0 Å². The highest BCUT2D eigenvalue weighted by Gasteiger charge is 2.57. The molecule has 0 aromatic heterocycles. The Morgan fingerprint density at radius 3 is 2.84 bits per heavy atom. The first-order valence-corrected chi connectivity index (χ1v) is 9.52. The second kappa shape index (κ2) is 6.31. The molecule has 0 saturated heterocycles. The molecule has 2 fully saturated rings. The van der Waals surface area contributed by atoms with Crippen LogP contribution < -0.4 is 4.74 Å². The van der Waals surface area contributed by atoms with E-state index in [0.29, 0.717) is 29.3 Å². The van der Waals surface area contributed by atoms with Crippen molar-refractivity contribution in [3.05, 3.63) is 29.3 Å². The van der Waals surface area contributed by atoms with Crippen molar-refractivity contribution in [3.63, 3.8) is 0 Å². The first-order valence-electron chi connectivity index (χ1n) is 9.52. The van der Waals surface area contributed by atoms with E-state index in [1.165, 1.54) is 31.2 Å². The molecule has 4 rings (SSSR count). The van der Waals surface area contributed by atoms with Gasteiger partial charge in [0.15, 0.2) is 0 Å². The molecule has 0 heterocycles. The van der Waals surface area contributed by atoms with Crippen LogP contribution in [0.5, 0.6) is 5.75 Å². The van der Waals surface area contributed by atoms with Crippen molar-refractivity contribution in [2.24, 2.45) is 22.4 Å². The van der Waals surface area contributed by atoms with Crippen molar-refractivity contribution in [1.29, 1.82) is 0 Å². The third-order valence-electron chi connectivity index (χ3n) is 7.45. The molecular formula is C21H28NO3. The summed E-state index contributed by atoms with van der Waals surface area (Å²) in [6.07, 6.45) is 7.17. The fraction of sp³-hybridized carbons (Fsp3) is 0.667. The summed E-state index contributed by atoms with van der Waals surface area (Å²) < 4.78 is 11.3. The highest BCUT2D eigenvalue weighted by molar-refractivity contribution is 6.03. The van der Waals surface area contributed by atoms with Crippen molar-refractivity contribution in [1.82, 2.24) is 0 Å². The third kappa shape index (κ3) is 2.33. The number of nitrogens with zero attached hydrogens (tertiary/aromatic N) is 1. The molecule has 0 aliphatic heterocycles. The van der Waals surface area contributed by atoms with Gasteiger partial charge in [-0.05, 0) is 79.4 Å². The Bertz CT molecular complexity index is 686. The Morgan fingerprint density at radius 2 is 2.16 bits per heavy atom. The average Bonchev–Trinajstić information content (AvgIpc) is 3.05. The normalized spacial score (nSPS) is 38.1. The summed E-state index contributed by atoms with van der Waals surface area (Å²) in [4.78, 5) is 0. The monoisotopic (exact) mass is 342 g/mol. The Kier molecular flexibility index (Phi) is 4.27. The van der Waals surface area contributed by atoms with E-state index in [9.17, 15) is 5.21 Å². The molecule has 1 N–H and O–H groups in total. The van der Waals surface area contributed by atoms with Gasteiger partial charge in [0.1, 0.15) is 5.75 Å². The minimum Gasteiger partial charge on any atom is -0.496 e. The lowest BCUT2D eigenvalue weighted by molar-refractivity contribution is -0.0558. The summed E-state index contributed by atoms with van der Waals surface area (Å²) in [7, 11) is 3.55. The van der Waals surface area contributed by atoms with Crippen molar-refractivity contribution < 1.29 is 14.7 Å². The predicted octanol–water partition coefficient (Wildman–Crippen LogP) is 4.39. The molecule has 3 aliphatic rings. The Hall–Kier alpha value is -1.55. The quantitative estimate of drug-likeness (QED) is 0.654. The van der Waals surface area contributed by atoms with E-state index >= 15 is 0 Å². The van der Waals surface area contributed by atoms with Crippen LogP contribution in [0.1, 0.15) is 62.5 Å². The fourth-order valence-corrected chi connectivity index (χ4v) is 6.33. The van der Waals surface area contributed by atoms with E-state index in [0.717, 1.165) is 29.9 Å². The van der Waals surface area contributed by atoms with Gasteiger partial charge in [-0.15, -0.1) is 0 Å². The van der Waals surface area contributed by atoms with Crippen LogP contribution in [0.15, 0.2) is 17.3 Å². The lowest BCUT2D eigenvalue weighted by Gasteiger charge is -2.52. The standard InChI is InChI=1S/C21H28NO3/c1-4-21-10-9-14-16-11-13(24-2)5-6-15(16)19(22-23)12-17(14)18(21)7-8-20(21)25-3/h6,11,14,17-18,20,23H,4,7-10,12H2,1-3H3/b22-19+/t14-,17-,18+,20+,21+/m1/s1. The maximum Gasteiger partial charge on any atom is 0.127 e. The maximum absolute atomic E-state index is 9.63. The summed E-state index contributed by atoms with van der Waals surface area (Å²) in [5.41, 5.74) is 3.43. The second-order valence-electron chi connectivity index (χ2n) is 7.93. The number of oxime groups is 1. The first-order chi connectivity index (χ1) is 12.2. The number of benzene rings is 1. The van der Waals surface area contributed by atoms with Gasteiger partial charge in [-0.1, -0.05) is 12.1 Å². The molecule has 5 atom stereocenters. The lowest BCUT2D eigenvalue weighted by Crippen LogP contribution is -2.46. The highest BCUT2D eigenvalue weighted by Crippen LogP contribution is 2.63. The molecule has 0 spiro atoms. The van der Waals surface area contributed by atoms with Crippen LogP contribution in [0.3, 0.4) is 0 Å². The van der Waals surface area contributed by atoms with Crippen molar-refractivity contribution >= 4 is 5.71 Å². The Morgan fingerprint density at radius 1 is 1.32 bits per heavy atom. The minimum absolute atomic E-state index is 0.291.